The largest absolute Gasteiger partial charge is 0.497 e. The number of H-pyrrole nitrogens is 1. The highest BCUT2D eigenvalue weighted by atomic mass is 16.5. The minimum Gasteiger partial charge on any atom is -0.497 e. The third kappa shape index (κ3) is 2.95. The number of ether oxygens (including phenoxy) is 1. The lowest BCUT2D eigenvalue weighted by Gasteiger charge is -2.02. The highest BCUT2D eigenvalue weighted by Gasteiger charge is 2.11. The molecule has 2 aromatic heterocycles. The van der Waals surface area contributed by atoms with Gasteiger partial charge in [-0.05, 0) is 30.3 Å². The Labute approximate surface area is 126 Å². The van der Waals surface area contributed by atoms with Gasteiger partial charge in [-0.15, -0.1) is 5.10 Å². The number of carbonyl (C=O) groups is 1. The number of methoxy groups -OCH3 is 1. The summed E-state index contributed by atoms with van der Waals surface area (Å²) < 4.78 is 6.63. The normalized spacial score (nSPS) is 10.4. The third-order valence-electron chi connectivity index (χ3n) is 3.06. The molecule has 0 fully saturated rings. The molecule has 8 nitrogen and oxygen atoms in total. The molecular formula is C14H14N6O2. The van der Waals surface area contributed by atoms with Gasteiger partial charge in [-0.25, -0.2) is 4.68 Å². The minimum absolute atomic E-state index is 0.246. The Bertz CT molecular complexity index is 748. The molecule has 0 saturated carbocycles. The first kappa shape index (κ1) is 13.8. The maximum atomic E-state index is 12.0. The van der Waals surface area contributed by atoms with Crippen LogP contribution in [0.4, 0.5) is 0 Å². The molecule has 0 aliphatic carbocycles. The molecule has 3 aromatic rings. The molecule has 8 heteroatoms. The van der Waals surface area contributed by atoms with Crippen molar-refractivity contribution in [1.82, 2.24) is 30.5 Å². The first-order valence-corrected chi connectivity index (χ1v) is 6.59. The number of aromatic amines is 1. The van der Waals surface area contributed by atoms with Gasteiger partial charge < -0.3 is 10.1 Å². The van der Waals surface area contributed by atoms with E-state index in [2.05, 4.69) is 25.8 Å². The molecule has 22 heavy (non-hydrogen) atoms. The molecular weight excluding hydrogens is 284 g/mol. The van der Waals surface area contributed by atoms with Crippen molar-refractivity contribution in [3.8, 4) is 11.4 Å². The average molecular weight is 298 g/mol. The first-order valence-electron chi connectivity index (χ1n) is 6.59. The number of nitrogens with one attached hydrogen (secondary N) is 2. The van der Waals surface area contributed by atoms with E-state index in [0.29, 0.717) is 6.54 Å². The first-order chi connectivity index (χ1) is 10.8. The Morgan fingerprint density at radius 2 is 2.14 bits per heavy atom. The molecule has 0 bridgehead atoms. The van der Waals surface area contributed by atoms with Crippen LogP contribution in [0.1, 0.15) is 16.2 Å². The summed E-state index contributed by atoms with van der Waals surface area (Å²) in [7, 11) is 1.60. The lowest BCUT2D eigenvalue weighted by molar-refractivity contribution is 0.0945. The quantitative estimate of drug-likeness (QED) is 0.730. The van der Waals surface area contributed by atoms with E-state index in [9.17, 15) is 4.79 Å². The van der Waals surface area contributed by atoms with Crippen LogP contribution in [0.15, 0.2) is 42.7 Å². The highest BCUT2D eigenvalue weighted by molar-refractivity contribution is 5.91. The zero-order chi connectivity index (χ0) is 15.4. The van der Waals surface area contributed by atoms with Crippen molar-refractivity contribution in [2.75, 3.05) is 7.11 Å². The van der Waals surface area contributed by atoms with Crippen molar-refractivity contribution in [2.45, 2.75) is 6.54 Å². The number of aromatic nitrogens is 5. The maximum absolute atomic E-state index is 12.0. The van der Waals surface area contributed by atoms with E-state index in [0.717, 1.165) is 17.1 Å². The van der Waals surface area contributed by atoms with Gasteiger partial charge in [-0.3, -0.25) is 9.89 Å². The second kappa shape index (κ2) is 6.08. The third-order valence-corrected chi connectivity index (χ3v) is 3.06. The number of rotatable bonds is 5. The maximum Gasteiger partial charge on any atom is 0.273 e. The van der Waals surface area contributed by atoms with Crippen LogP contribution >= 0.6 is 0 Å². The number of carbonyl (C=O) groups excluding carboxylic acids is 1. The average Bonchev–Trinajstić information content (AvgIpc) is 3.24. The van der Waals surface area contributed by atoms with Gasteiger partial charge in [0.15, 0.2) is 5.69 Å². The fourth-order valence-electron chi connectivity index (χ4n) is 1.88. The Kier molecular flexibility index (Phi) is 3.82. The van der Waals surface area contributed by atoms with E-state index in [1.54, 1.807) is 25.6 Å². The molecule has 0 radical (unpaired) electrons. The van der Waals surface area contributed by atoms with Crippen molar-refractivity contribution in [1.29, 1.82) is 0 Å². The predicted octanol–water partition coefficient (Wildman–Crippen LogP) is 0.929. The zero-order valence-corrected chi connectivity index (χ0v) is 11.9. The number of hydrogen-bond donors (Lipinski definition) is 2. The summed E-state index contributed by atoms with van der Waals surface area (Å²) in [5.74, 6) is 0.454. The van der Waals surface area contributed by atoms with E-state index in [1.807, 2.05) is 24.3 Å². The molecule has 1 aromatic carbocycles. The number of hydrogen-bond acceptors (Lipinski definition) is 5. The van der Waals surface area contributed by atoms with E-state index in [4.69, 9.17) is 4.74 Å². The summed E-state index contributed by atoms with van der Waals surface area (Å²) in [4.78, 5) is 12.0. The summed E-state index contributed by atoms with van der Waals surface area (Å²) >= 11 is 0. The van der Waals surface area contributed by atoms with Crippen LogP contribution in [0.5, 0.6) is 5.75 Å². The second-order valence-electron chi connectivity index (χ2n) is 4.51. The number of benzene rings is 1. The van der Waals surface area contributed by atoms with Crippen molar-refractivity contribution in [2.24, 2.45) is 0 Å². The van der Waals surface area contributed by atoms with Gasteiger partial charge in [0.2, 0.25) is 0 Å². The lowest BCUT2D eigenvalue weighted by Crippen LogP contribution is -2.23. The van der Waals surface area contributed by atoms with Gasteiger partial charge in [0.05, 0.1) is 31.2 Å². The molecule has 2 N–H and O–H groups in total. The van der Waals surface area contributed by atoms with Crippen LogP contribution in [0, 0.1) is 0 Å². The van der Waals surface area contributed by atoms with Crippen LogP contribution in [0.2, 0.25) is 0 Å². The van der Waals surface area contributed by atoms with Crippen molar-refractivity contribution < 1.29 is 9.53 Å². The molecule has 0 unspecified atom stereocenters. The Morgan fingerprint density at radius 1 is 1.32 bits per heavy atom. The van der Waals surface area contributed by atoms with Gasteiger partial charge in [-0.1, -0.05) is 5.21 Å². The van der Waals surface area contributed by atoms with E-state index < -0.39 is 0 Å². The molecule has 2 heterocycles. The second-order valence-corrected chi connectivity index (χ2v) is 4.51. The molecule has 0 aliphatic rings. The summed E-state index contributed by atoms with van der Waals surface area (Å²) in [6.07, 6.45) is 3.20. The van der Waals surface area contributed by atoms with Crippen LogP contribution in [0.3, 0.4) is 0 Å². The van der Waals surface area contributed by atoms with Gasteiger partial charge >= 0.3 is 0 Å². The Morgan fingerprint density at radius 3 is 2.82 bits per heavy atom. The fraction of sp³-hybridized carbons (Fsp3) is 0.143. The van der Waals surface area contributed by atoms with Gasteiger partial charge in [-0.2, -0.15) is 5.10 Å². The van der Waals surface area contributed by atoms with Crippen molar-refractivity contribution in [3.05, 3.63) is 54.1 Å². The van der Waals surface area contributed by atoms with E-state index in [1.165, 1.54) is 4.68 Å². The molecule has 0 atom stereocenters. The molecule has 112 valence electrons. The molecule has 1 amide bonds. The lowest BCUT2D eigenvalue weighted by atomic mass is 10.3. The number of amides is 1. The summed E-state index contributed by atoms with van der Waals surface area (Å²) in [6, 6.07) is 9.08. The monoisotopic (exact) mass is 298 g/mol. The molecule has 0 aliphatic heterocycles. The predicted molar refractivity (Wildman–Crippen MR) is 77.7 cm³/mol. The van der Waals surface area contributed by atoms with Crippen LogP contribution in [0.25, 0.3) is 5.69 Å². The Hall–Kier alpha value is -3.16. The minimum atomic E-state index is -0.297. The van der Waals surface area contributed by atoms with Crippen LogP contribution in [-0.4, -0.2) is 38.2 Å². The topological polar surface area (TPSA) is 97.7 Å². The van der Waals surface area contributed by atoms with Gasteiger partial charge in [0.1, 0.15) is 5.75 Å². The smallest absolute Gasteiger partial charge is 0.273 e. The van der Waals surface area contributed by atoms with Gasteiger partial charge in [0.25, 0.3) is 5.91 Å². The zero-order valence-electron chi connectivity index (χ0n) is 11.9. The SMILES string of the molecule is COc1ccc(-n2cc(C(=O)NCc3ccn[nH]3)nn2)cc1. The standard InChI is InChI=1S/C14H14N6O2/c1-22-12-4-2-11(3-5-12)20-9-13(18-19-20)14(21)15-8-10-6-7-16-17-10/h2-7,9H,8H2,1H3,(H,15,21)(H,16,17). The summed E-state index contributed by atoms with van der Waals surface area (Å²) in [5.41, 5.74) is 1.85. The highest BCUT2D eigenvalue weighted by Crippen LogP contribution is 2.14. The van der Waals surface area contributed by atoms with E-state index >= 15 is 0 Å². The van der Waals surface area contributed by atoms with E-state index in [-0.39, 0.29) is 11.6 Å². The number of nitrogens with zero attached hydrogens (tertiary/aromatic N) is 4. The summed E-state index contributed by atoms with van der Waals surface area (Å²) in [5, 5.41) is 17.2. The van der Waals surface area contributed by atoms with Crippen LogP contribution in [-0.2, 0) is 6.54 Å². The van der Waals surface area contributed by atoms with Crippen molar-refractivity contribution in [3.63, 3.8) is 0 Å². The van der Waals surface area contributed by atoms with Crippen molar-refractivity contribution >= 4 is 5.91 Å². The van der Waals surface area contributed by atoms with Gasteiger partial charge in [0, 0.05) is 6.20 Å². The van der Waals surface area contributed by atoms with Crippen LogP contribution < -0.4 is 10.1 Å². The Balaban J connectivity index is 1.68. The molecule has 0 spiro atoms. The molecule has 0 saturated heterocycles. The fourth-order valence-corrected chi connectivity index (χ4v) is 1.88. The summed E-state index contributed by atoms with van der Waals surface area (Å²) in [6.45, 7) is 0.355. The molecule has 3 rings (SSSR count).